The highest BCUT2D eigenvalue weighted by molar-refractivity contribution is 7.92. The maximum absolute atomic E-state index is 13.5. The summed E-state index contributed by atoms with van der Waals surface area (Å²) in [5.74, 6) is -0.469. The van der Waals surface area contributed by atoms with Crippen molar-refractivity contribution in [3.8, 4) is 5.75 Å². The average molecular weight is 541 g/mol. The van der Waals surface area contributed by atoms with Gasteiger partial charge in [-0.05, 0) is 49.4 Å². The number of halogens is 3. The van der Waals surface area contributed by atoms with Gasteiger partial charge >= 0.3 is 0 Å². The van der Waals surface area contributed by atoms with Crippen molar-refractivity contribution in [2.45, 2.75) is 11.8 Å². The Hall–Kier alpha value is -2.78. The Morgan fingerprint density at radius 2 is 1.68 bits per heavy atom. The van der Waals surface area contributed by atoms with E-state index in [9.17, 15) is 13.2 Å². The molecule has 0 atom stereocenters. The van der Waals surface area contributed by atoms with E-state index in [0.717, 1.165) is 9.87 Å². The van der Waals surface area contributed by atoms with Gasteiger partial charge in [0.25, 0.3) is 15.9 Å². The van der Waals surface area contributed by atoms with Gasteiger partial charge in [0.1, 0.15) is 12.3 Å². The molecule has 0 aliphatic carbocycles. The molecular weight excluding hydrogens is 521 g/mol. The Labute approximate surface area is 212 Å². The Bertz CT molecular complexity index is 1330. The van der Waals surface area contributed by atoms with Crippen molar-refractivity contribution in [1.82, 2.24) is 5.43 Å². The minimum Gasteiger partial charge on any atom is -0.495 e. The maximum Gasteiger partial charge on any atom is 0.264 e. The second kappa shape index (κ2) is 11.1. The molecule has 0 spiro atoms. The van der Waals surface area contributed by atoms with Crippen LogP contribution >= 0.6 is 34.8 Å². The highest BCUT2D eigenvalue weighted by Crippen LogP contribution is 2.34. The number of nitrogens with zero attached hydrogens (tertiary/aromatic N) is 2. The monoisotopic (exact) mass is 539 g/mol. The molecule has 0 aliphatic rings. The van der Waals surface area contributed by atoms with E-state index in [0.29, 0.717) is 15.6 Å². The first-order valence-corrected chi connectivity index (χ1v) is 12.4. The average Bonchev–Trinajstić information content (AvgIpc) is 2.79. The number of carbonyl (C=O) groups is 1. The molecule has 178 valence electrons. The van der Waals surface area contributed by atoms with Gasteiger partial charge < -0.3 is 4.74 Å². The minimum absolute atomic E-state index is 0.00405. The number of amides is 1. The lowest BCUT2D eigenvalue weighted by Crippen LogP contribution is -2.39. The molecule has 0 radical (unpaired) electrons. The fraction of sp³-hybridized carbons (Fsp3) is 0.130. The number of carbonyl (C=O) groups excluding carboxylic acids is 1. The summed E-state index contributed by atoms with van der Waals surface area (Å²) in [6.45, 7) is 1.26. The number of hydrogen-bond acceptors (Lipinski definition) is 5. The van der Waals surface area contributed by atoms with Crippen LogP contribution in [0.5, 0.6) is 5.75 Å². The Morgan fingerprint density at radius 3 is 2.32 bits per heavy atom. The summed E-state index contributed by atoms with van der Waals surface area (Å²) in [4.78, 5) is 12.7. The summed E-state index contributed by atoms with van der Waals surface area (Å²) < 4.78 is 33.3. The number of anilines is 1. The molecule has 3 aromatic carbocycles. The molecule has 0 fully saturated rings. The molecule has 0 heterocycles. The molecule has 3 aromatic rings. The van der Waals surface area contributed by atoms with Crippen molar-refractivity contribution in [2.75, 3.05) is 18.0 Å². The van der Waals surface area contributed by atoms with Gasteiger partial charge in [-0.25, -0.2) is 13.8 Å². The van der Waals surface area contributed by atoms with Gasteiger partial charge in [0.15, 0.2) is 0 Å². The zero-order valence-corrected chi connectivity index (χ0v) is 21.2. The van der Waals surface area contributed by atoms with Gasteiger partial charge in [0.05, 0.1) is 28.9 Å². The lowest BCUT2D eigenvalue weighted by Gasteiger charge is -2.25. The van der Waals surface area contributed by atoms with Gasteiger partial charge in [0.2, 0.25) is 0 Å². The van der Waals surface area contributed by atoms with Crippen LogP contribution in [-0.4, -0.2) is 34.2 Å². The van der Waals surface area contributed by atoms with E-state index < -0.39 is 22.5 Å². The fourth-order valence-electron chi connectivity index (χ4n) is 2.94. The summed E-state index contributed by atoms with van der Waals surface area (Å²) in [5, 5.41) is 4.95. The third-order valence-corrected chi connectivity index (χ3v) is 7.23. The SMILES string of the molecule is COc1ccc(Cl)cc1N(CC(=O)N/N=C/c1ccc(Cl)cc1Cl)S(=O)(=O)c1ccc(C)cc1. The van der Waals surface area contributed by atoms with E-state index in [-0.39, 0.29) is 21.4 Å². The summed E-state index contributed by atoms with van der Waals surface area (Å²) in [5.41, 5.74) is 3.83. The van der Waals surface area contributed by atoms with E-state index >= 15 is 0 Å². The van der Waals surface area contributed by atoms with Crippen LogP contribution in [0.2, 0.25) is 15.1 Å². The standard InChI is InChI=1S/C23H20Cl3N3O4S/c1-15-3-8-19(9-4-15)34(31,32)29(21-12-18(25)7-10-22(21)33-2)14-23(30)28-27-13-16-5-6-17(24)11-20(16)26/h3-13H,14H2,1-2H3,(H,28,30)/b27-13+. The zero-order chi connectivity index (χ0) is 24.9. The molecule has 0 bridgehead atoms. The van der Waals surface area contributed by atoms with Gasteiger partial charge in [-0.1, -0.05) is 58.6 Å². The maximum atomic E-state index is 13.5. The highest BCUT2D eigenvalue weighted by Gasteiger charge is 2.29. The number of benzene rings is 3. The van der Waals surface area contributed by atoms with E-state index in [1.807, 2.05) is 6.92 Å². The van der Waals surface area contributed by atoms with Crippen LogP contribution in [0.4, 0.5) is 5.69 Å². The smallest absolute Gasteiger partial charge is 0.264 e. The van der Waals surface area contributed by atoms with Crippen LogP contribution in [0.1, 0.15) is 11.1 Å². The lowest BCUT2D eigenvalue weighted by atomic mass is 10.2. The Kier molecular flexibility index (Phi) is 8.43. The summed E-state index contributed by atoms with van der Waals surface area (Å²) in [7, 11) is -2.77. The van der Waals surface area contributed by atoms with Crippen LogP contribution in [0.15, 0.2) is 70.7 Å². The predicted molar refractivity (Wildman–Crippen MR) is 136 cm³/mol. The van der Waals surface area contributed by atoms with Crippen molar-refractivity contribution >= 4 is 62.6 Å². The third-order valence-electron chi connectivity index (χ3n) is 4.66. The first-order valence-electron chi connectivity index (χ1n) is 9.81. The number of nitrogens with one attached hydrogen (secondary N) is 1. The van der Waals surface area contributed by atoms with Crippen LogP contribution in [0.25, 0.3) is 0 Å². The van der Waals surface area contributed by atoms with Crippen molar-refractivity contribution in [3.05, 3.63) is 86.9 Å². The van der Waals surface area contributed by atoms with Crippen LogP contribution < -0.4 is 14.5 Å². The first-order chi connectivity index (χ1) is 16.1. The van der Waals surface area contributed by atoms with Gasteiger partial charge in [0, 0.05) is 15.6 Å². The molecule has 1 N–H and O–H groups in total. The molecule has 0 unspecified atom stereocenters. The van der Waals surface area contributed by atoms with Crippen molar-refractivity contribution in [3.63, 3.8) is 0 Å². The number of ether oxygens (including phenoxy) is 1. The second-order valence-electron chi connectivity index (χ2n) is 7.10. The summed E-state index contributed by atoms with van der Waals surface area (Å²) in [6.07, 6.45) is 1.33. The third kappa shape index (κ3) is 6.21. The summed E-state index contributed by atoms with van der Waals surface area (Å²) >= 11 is 18.1. The molecule has 0 saturated carbocycles. The quantitative estimate of drug-likeness (QED) is 0.310. The number of methoxy groups -OCH3 is 1. The number of sulfonamides is 1. The van der Waals surface area contributed by atoms with Gasteiger partial charge in [-0.2, -0.15) is 5.10 Å². The van der Waals surface area contributed by atoms with Crippen molar-refractivity contribution < 1.29 is 17.9 Å². The molecular formula is C23H20Cl3N3O4S. The van der Waals surface area contributed by atoms with Gasteiger partial charge in [-0.15, -0.1) is 0 Å². The molecule has 34 heavy (non-hydrogen) atoms. The number of hydrazone groups is 1. The molecule has 1 amide bonds. The van der Waals surface area contributed by atoms with Crippen LogP contribution in [0, 0.1) is 6.92 Å². The molecule has 11 heteroatoms. The minimum atomic E-state index is -4.16. The number of hydrogen-bond donors (Lipinski definition) is 1. The summed E-state index contributed by atoms with van der Waals surface area (Å²) in [6, 6.07) is 15.5. The largest absolute Gasteiger partial charge is 0.495 e. The van der Waals surface area contributed by atoms with E-state index in [4.69, 9.17) is 39.5 Å². The lowest BCUT2D eigenvalue weighted by molar-refractivity contribution is -0.119. The highest BCUT2D eigenvalue weighted by atomic mass is 35.5. The van der Waals surface area contributed by atoms with E-state index in [1.54, 1.807) is 30.3 Å². The molecule has 0 saturated heterocycles. The Balaban J connectivity index is 1.92. The van der Waals surface area contributed by atoms with E-state index in [2.05, 4.69) is 10.5 Å². The number of aryl methyl sites for hydroxylation is 1. The van der Waals surface area contributed by atoms with Crippen LogP contribution in [-0.2, 0) is 14.8 Å². The second-order valence-corrected chi connectivity index (χ2v) is 10.2. The van der Waals surface area contributed by atoms with Crippen LogP contribution in [0.3, 0.4) is 0 Å². The van der Waals surface area contributed by atoms with Crippen molar-refractivity contribution in [2.24, 2.45) is 5.10 Å². The van der Waals surface area contributed by atoms with Crippen molar-refractivity contribution in [1.29, 1.82) is 0 Å². The molecule has 3 rings (SSSR count). The topological polar surface area (TPSA) is 88.1 Å². The van der Waals surface area contributed by atoms with E-state index in [1.165, 1.54) is 43.7 Å². The number of rotatable bonds is 8. The van der Waals surface area contributed by atoms with Gasteiger partial charge in [-0.3, -0.25) is 9.10 Å². The molecule has 7 nitrogen and oxygen atoms in total. The first kappa shape index (κ1) is 25.8. The normalized spacial score (nSPS) is 11.4. The fourth-order valence-corrected chi connectivity index (χ4v) is 4.99. The zero-order valence-electron chi connectivity index (χ0n) is 18.1. The molecule has 0 aliphatic heterocycles. The predicted octanol–water partition coefficient (Wildman–Crippen LogP) is 5.31. The Morgan fingerprint density at radius 1 is 1.03 bits per heavy atom. The molecule has 0 aromatic heterocycles.